The van der Waals surface area contributed by atoms with Crippen molar-refractivity contribution < 1.29 is 24.2 Å². The number of nitrogens with zero attached hydrogens (tertiary/aromatic N) is 4. The van der Waals surface area contributed by atoms with Crippen LogP contribution < -0.4 is 0 Å². The van der Waals surface area contributed by atoms with E-state index in [9.17, 15) is 0 Å². The van der Waals surface area contributed by atoms with Gasteiger partial charge in [0.05, 0.1) is 4.88 Å². The van der Waals surface area contributed by atoms with Gasteiger partial charge in [-0.2, -0.15) is 0 Å². The Balaban J connectivity index is 0.000000377. The summed E-state index contributed by atoms with van der Waals surface area (Å²) in [4.78, 5) is 27.4. The van der Waals surface area contributed by atoms with E-state index in [0.29, 0.717) is 17.5 Å². The first-order valence-corrected chi connectivity index (χ1v) is 10.4. The van der Waals surface area contributed by atoms with Gasteiger partial charge in [-0.25, -0.2) is 9.59 Å². The summed E-state index contributed by atoms with van der Waals surface area (Å²) in [7, 11) is 0. The molecule has 0 bridgehead atoms. The first-order valence-electron chi connectivity index (χ1n) is 9.55. The standard InChI is InChI=1S/C18H20N4OS.C2H2O4/c1-2-6-12-22(11-5-1)13-14-8-9-16(24-14)18-21-20-17(23-18)15-7-3-4-10-19-15;3-1(4)2(5)6/h3-4,7-10H,1-2,5-6,11-13H2;(H,3,4)(H,5,6). The molecule has 3 aromatic heterocycles. The molecule has 0 unspecified atom stereocenters. The third-order valence-electron chi connectivity index (χ3n) is 4.44. The monoisotopic (exact) mass is 430 g/mol. The molecule has 1 aliphatic rings. The van der Waals surface area contributed by atoms with Crippen molar-refractivity contribution in [2.24, 2.45) is 0 Å². The largest absolute Gasteiger partial charge is 0.473 e. The van der Waals surface area contributed by atoms with E-state index >= 15 is 0 Å². The minimum Gasteiger partial charge on any atom is -0.473 e. The van der Waals surface area contributed by atoms with Crippen LogP contribution in [0.25, 0.3) is 22.4 Å². The Morgan fingerprint density at radius 2 is 1.67 bits per heavy atom. The van der Waals surface area contributed by atoms with Gasteiger partial charge in [0.15, 0.2) is 0 Å². The molecule has 0 radical (unpaired) electrons. The highest BCUT2D eigenvalue weighted by Crippen LogP contribution is 2.30. The van der Waals surface area contributed by atoms with Gasteiger partial charge in [-0.15, -0.1) is 21.5 Å². The molecule has 1 aliphatic heterocycles. The van der Waals surface area contributed by atoms with E-state index in [2.05, 4.69) is 32.2 Å². The summed E-state index contributed by atoms with van der Waals surface area (Å²) in [6, 6.07) is 9.91. The number of likely N-dealkylation sites (tertiary alicyclic amines) is 1. The van der Waals surface area contributed by atoms with Crippen molar-refractivity contribution in [2.45, 2.75) is 32.2 Å². The normalized spacial score (nSPS) is 14.4. The molecule has 158 valence electrons. The van der Waals surface area contributed by atoms with Gasteiger partial charge in [0.1, 0.15) is 5.69 Å². The van der Waals surface area contributed by atoms with Gasteiger partial charge >= 0.3 is 11.9 Å². The average Bonchev–Trinajstić information content (AvgIpc) is 3.34. The Kier molecular flexibility index (Phi) is 7.63. The predicted octanol–water partition coefficient (Wildman–Crippen LogP) is 3.39. The zero-order chi connectivity index (χ0) is 21.3. The molecular weight excluding hydrogens is 408 g/mol. The summed E-state index contributed by atoms with van der Waals surface area (Å²) >= 11 is 1.74. The van der Waals surface area contributed by atoms with Crippen LogP contribution in [0.15, 0.2) is 40.9 Å². The maximum Gasteiger partial charge on any atom is 0.414 e. The molecule has 0 saturated carbocycles. The molecule has 0 atom stereocenters. The van der Waals surface area contributed by atoms with Crippen molar-refractivity contribution >= 4 is 23.3 Å². The quantitative estimate of drug-likeness (QED) is 0.598. The highest BCUT2D eigenvalue weighted by atomic mass is 32.1. The molecule has 30 heavy (non-hydrogen) atoms. The van der Waals surface area contributed by atoms with Crippen LogP contribution in [0.1, 0.15) is 30.6 Å². The molecule has 0 spiro atoms. The summed E-state index contributed by atoms with van der Waals surface area (Å²) < 4.78 is 5.79. The predicted molar refractivity (Wildman–Crippen MR) is 110 cm³/mol. The summed E-state index contributed by atoms with van der Waals surface area (Å²) in [5.41, 5.74) is 0.706. The second kappa shape index (κ2) is 10.6. The zero-order valence-electron chi connectivity index (χ0n) is 16.2. The van der Waals surface area contributed by atoms with Crippen LogP contribution >= 0.6 is 11.3 Å². The van der Waals surface area contributed by atoms with Crippen molar-refractivity contribution in [2.75, 3.05) is 13.1 Å². The van der Waals surface area contributed by atoms with Gasteiger partial charge < -0.3 is 14.6 Å². The van der Waals surface area contributed by atoms with E-state index in [1.54, 1.807) is 17.5 Å². The van der Waals surface area contributed by atoms with Crippen LogP contribution in [-0.2, 0) is 16.1 Å². The van der Waals surface area contributed by atoms with E-state index < -0.39 is 11.9 Å². The van der Waals surface area contributed by atoms with Crippen LogP contribution in [0.2, 0.25) is 0 Å². The number of thiophene rings is 1. The number of aliphatic carboxylic acids is 2. The number of carbonyl (C=O) groups is 2. The summed E-state index contributed by atoms with van der Waals surface area (Å²) in [6.07, 6.45) is 7.09. The topological polar surface area (TPSA) is 130 Å². The van der Waals surface area contributed by atoms with Gasteiger partial charge in [-0.3, -0.25) is 9.88 Å². The second-order valence-corrected chi connectivity index (χ2v) is 7.86. The first kappa shape index (κ1) is 21.6. The van der Waals surface area contributed by atoms with Crippen molar-refractivity contribution in [3.8, 4) is 22.4 Å². The Bertz CT molecular complexity index is 953. The zero-order valence-corrected chi connectivity index (χ0v) is 17.0. The number of pyridine rings is 1. The van der Waals surface area contributed by atoms with Gasteiger partial charge in [0.2, 0.25) is 0 Å². The maximum absolute atomic E-state index is 9.10. The number of carboxylic acids is 2. The fraction of sp³-hybridized carbons (Fsp3) is 0.350. The number of hydrogen-bond donors (Lipinski definition) is 2. The highest BCUT2D eigenvalue weighted by molar-refractivity contribution is 7.15. The van der Waals surface area contributed by atoms with Crippen LogP contribution in [0.5, 0.6) is 0 Å². The van der Waals surface area contributed by atoms with Crippen molar-refractivity contribution in [3.63, 3.8) is 0 Å². The molecule has 3 aromatic rings. The Hall–Kier alpha value is -3.11. The molecule has 0 aliphatic carbocycles. The fourth-order valence-electron chi connectivity index (χ4n) is 3.01. The highest BCUT2D eigenvalue weighted by Gasteiger charge is 2.15. The first-order chi connectivity index (χ1) is 14.5. The minimum atomic E-state index is -1.82. The second-order valence-electron chi connectivity index (χ2n) is 6.69. The van der Waals surface area contributed by atoms with Gasteiger partial charge in [-0.1, -0.05) is 18.9 Å². The van der Waals surface area contributed by atoms with Gasteiger partial charge in [0, 0.05) is 17.6 Å². The minimum absolute atomic E-state index is 0.466. The molecule has 0 amide bonds. The molecule has 4 rings (SSSR count). The number of rotatable bonds is 4. The van der Waals surface area contributed by atoms with Crippen LogP contribution in [0.3, 0.4) is 0 Å². The van der Waals surface area contributed by atoms with Crippen LogP contribution in [-0.4, -0.2) is 55.3 Å². The molecule has 9 nitrogen and oxygen atoms in total. The lowest BCUT2D eigenvalue weighted by Gasteiger charge is -2.18. The molecule has 0 aromatic carbocycles. The van der Waals surface area contributed by atoms with E-state index in [-0.39, 0.29) is 0 Å². The average molecular weight is 430 g/mol. The Labute approximate surface area is 177 Å². The summed E-state index contributed by atoms with van der Waals surface area (Å²) in [5.74, 6) is -2.61. The van der Waals surface area contributed by atoms with Crippen molar-refractivity contribution in [3.05, 3.63) is 41.4 Å². The van der Waals surface area contributed by atoms with Crippen LogP contribution in [0, 0.1) is 0 Å². The maximum atomic E-state index is 9.10. The smallest absolute Gasteiger partial charge is 0.414 e. The summed E-state index contributed by atoms with van der Waals surface area (Å²) in [6.45, 7) is 3.43. The fourth-order valence-corrected chi connectivity index (χ4v) is 3.98. The lowest BCUT2D eigenvalue weighted by atomic mass is 10.2. The van der Waals surface area contributed by atoms with Gasteiger partial charge in [0.25, 0.3) is 11.8 Å². The molecular formula is C20H22N4O5S. The molecule has 1 fully saturated rings. The van der Waals surface area contributed by atoms with E-state index in [1.165, 1.54) is 43.6 Å². The third-order valence-corrected chi connectivity index (χ3v) is 5.50. The number of hydrogen-bond acceptors (Lipinski definition) is 8. The van der Waals surface area contributed by atoms with Crippen LogP contribution in [0.4, 0.5) is 0 Å². The number of aromatic nitrogens is 3. The third kappa shape index (κ3) is 6.19. The van der Waals surface area contributed by atoms with E-state index in [0.717, 1.165) is 11.4 Å². The SMILES string of the molecule is O=C(O)C(=O)O.c1ccc(-c2nnc(-c3ccc(CN4CCCCCC4)s3)o2)nc1. The lowest BCUT2D eigenvalue weighted by molar-refractivity contribution is -0.159. The molecule has 2 N–H and O–H groups in total. The summed E-state index contributed by atoms with van der Waals surface area (Å²) in [5, 5.41) is 23.1. The van der Waals surface area contributed by atoms with Crippen molar-refractivity contribution in [1.29, 1.82) is 0 Å². The molecule has 10 heteroatoms. The Morgan fingerprint density at radius 1 is 0.967 bits per heavy atom. The van der Waals surface area contributed by atoms with Crippen molar-refractivity contribution in [1.82, 2.24) is 20.1 Å². The van der Waals surface area contributed by atoms with E-state index in [1.807, 2.05) is 18.2 Å². The number of carboxylic acid groups (broad SMARTS) is 2. The molecule has 1 saturated heterocycles. The van der Waals surface area contributed by atoms with Gasteiger partial charge in [-0.05, 0) is 50.2 Å². The van der Waals surface area contributed by atoms with E-state index in [4.69, 9.17) is 24.2 Å². The lowest BCUT2D eigenvalue weighted by Crippen LogP contribution is -2.23. The Morgan fingerprint density at radius 3 is 2.30 bits per heavy atom. The molecule has 4 heterocycles.